The highest BCUT2D eigenvalue weighted by atomic mass is 19.1. The van der Waals surface area contributed by atoms with E-state index in [1.165, 1.54) is 17.2 Å². The Morgan fingerprint density at radius 1 is 1.11 bits per heavy atom. The first-order valence-corrected chi connectivity index (χ1v) is 6.58. The van der Waals surface area contributed by atoms with Gasteiger partial charge in [-0.2, -0.15) is 0 Å². The van der Waals surface area contributed by atoms with E-state index in [0.717, 1.165) is 30.8 Å². The van der Waals surface area contributed by atoms with E-state index >= 15 is 0 Å². The fraction of sp³-hybridized carbons (Fsp3) is 0.250. The van der Waals surface area contributed by atoms with Gasteiger partial charge in [0.1, 0.15) is 5.82 Å². The van der Waals surface area contributed by atoms with Crippen LogP contribution < -0.4 is 10.6 Å². The van der Waals surface area contributed by atoms with Gasteiger partial charge in [0.15, 0.2) is 0 Å². The van der Waals surface area contributed by atoms with Crippen LogP contribution in [0.25, 0.3) is 0 Å². The Balaban J connectivity index is 1.88. The molecule has 0 saturated heterocycles. The van der Waals surface area contributed by atoms with Crippen LogP contribution in [0.2, 0.25) is 0 Å². The highest BCUT2D eigenvalue weighted by molar-refractivity contribution is 5.58. The minimum atomic E-state index is -0.169. The molecule has 1 aliphatic rings. The summed E-state index contributed by atoms with van der Waals surface area (Å²) in [6.07, 6.45) is 0.987. The average Bonchev–Trinajstić information content (AvgIpc) is 2.82. The van der Waals surface area contributed by atoms with E-state index in [-0.39, 0.29) is 5.82 Å². The van der Waals surface area contributed by atoms with Gasteiger partial charge in [-0.1, -0.05) is 30.3 Å². The maximum Gasteiger partial charge on any atom is 0.125 e. The predicted molar refractivity (Wildman–Crippen MR) is 75.5 cm³/mol. The Labute approximate surface area is 112 Å². The Morgan fingerprint density at radius 2 is 1.89 bits per heavy atom. The lowest BCUT2D eigenvalue weighted by Gasteiger charge is -2.21. The van der Waals surface area contributed by atoms with Crippen molar-refractivity contribution in [3.63, 3.8) is 0 Å². The molecule has 0 saturated carbocycles. The maximum atomic E-state index is 13.4. The first-order chi connectivity index (χ1) is 9.28. The van der Waals surface area contributed by atoms with Crippen LogP contribution in [-0.4, -0.2) is 6.54 Å². The van der Waals surface area contributed by atoms with Gasteiger partial charge in [-0.25, -0.2) is 4.39 Å². The summed E-state index contributed by atoms with van der Waals surface area (Å²) >= 11 is 0. The van der Waals surface area contributed by atoms with Gasteiger partial charge in [0.2, 0.25) is 0 Å². The zero-order valence-electron chi connectivity index (χ0n) is 10.8. The molecule has 19 heavy (non-hydrogen) atoms. The van der Waals surface area contributed by atoms with Gasteiger partial charge in [0, 0.05) is 25.3 Å². The fourth-order valence-corrected chi connectivity index (χ4v) is 2.70. The second kappa shape index (κ2) is 5.02. The number of fused-ring (bicyclic) bond motifs is 1. The molecule has 3 heteroatoms. The quantitative estimate of drug-likeness (QED) is 0.915. The van der Waals surface area contributed by atoms with Crippen LogP contribution in [0.3, 0.4) is 0 Å². The molecule has 1 heterocycles. The highest BCUT2D eigenvalue weighted by Gasteiger charge is 2.20. The third-order valence-corrected chi connectivity index (χ3v) is 3.74. The van der Waals surface area contributed by atoms with Gasteiger partial charge in [-0.05, 0) is 35.2 Å². The van der Waals surface area contributed by atoms with Crippen molar-refractivity contribution in [2.24, 2.45) is 5.73 Å². The minimum Gasteiger partial charge on any atom is -0.367 e. The second-order valence-corrected chi connectivity index (χ2v) is 4.92. The number of hydrogen-bond donors (Lipinski definition) is 1. The van der Waals surface area contributed by atoms with Crippen molar-refractivity contribution < 1.29 is 4.39 Å². The summed E-state index contributed by atoms with van der Waals surface area (Å²) in [5.41, 5.74) is 10.4. The molecule has 0 aliphatic carbocycles. The Morgan fingerprint density at radius 3 is 2.68 bits per heavy atom. The summed E-state index contributed by atoms with van der Waals surface area (Å²) < 4.78 is 13.4. The first kappa shape index (κ1) is 12.2. The van der Waals surface area contributed by atoms with Crippen molar-refractivity contribution in [3.8, 4) is 0 Å². The van der Waals surface area contributed by atoms with E-state index in [1.807, 2.05) is 18.2 Å². The molecule has 3 rings (SSSR count). The highest BCUT2D eigenvalue weighted by Crippen LogP contribution is 2.30. The van der Waals surface area contributed by atoms with Crippen molar-refractivity contribution in [1.29, 1.82) is 0 Å². The van der Waals surface area contributed by atoms with Crippen molar-refractivity contribution in [1.82, 2.24) is 0 Å². The fourth-order valence-electron chi connectivity index (χ4n) is 2.70. The zero-order valence-corrected chi connectivity index (χ0v) is 10.8. The SMILES string of the molecule is NCc1ccccc1CN1CCc2ccc(F)cc21. The van der Waals surface area contributed by atoms with Gasteiger partial charge >= 0.3 is 0 Å². The average molecular weight is 256 g/mol. The van der Waals surface area contributed by atoms with Crippen molar-refractivity contribution in [2.75, 3.05) is 11.4 Å². The molecule has 1 aliphatic heterocycles. The molecule has 0 bridgehead atoms. The standard InChI is InChI=1S/C16H17FN2/c17-15-6-5-12-7-8-19(16(12)9-15)11-14-4-2-1-3-13(14)10-18/h1-6,9H,7-8,10-11,18H2. The molecule has 2 nitrogen and oxygen atoms in total. The van der Waals surface area contributed by atoms with Gasteiger partial charge in [0.25, 0.3) is 0 Å². The van der Waals surface area contributed by atoms with Crippen molar-refractivity contribution >= 4 is 5.69 Å². The van der Waals surface area contributed by atoms with Crippen LogP contribution in [-0.2, 0) is 19.5 Å². The van der Waals surface area contributed by atoms with E-state index < -0.39 is 0 Å². The Hall–Kier alpha value is -1.87. The van der Waals surface area contributed by atoms with Crippen molar-refractivity contribution in [3.05, 3.63) is 65.0 Å². The van der Waals surface area contributed by atoms with Crippen LogP contribution in [0.4, 0.5) is 10.1 Å². The number of hydrogen-bond acceptors (Lipinski definition) is 2. The molecule has 2 aromatic carbocycles. The van der Waals surface area contributed by atoms with Gasteiger partial charge in [-0.15, -0.1) is 0 Å². The lowest BCUT2D eigenvalue weighted by molar-refractivity contribution is 0.627. The summed E-state index contributed by atoms with van der Waals surface area (Å²) in [6.45, 7) is 2.28. The summed E-state index contributed by atoms with van der Waals surface area (Å²) in [6, 6.07) is 13.2. The van der Waals surface area contributed by atoms with Crippen LogP contribution in [0, 0.1) is 5.82 Å². The molecule has 0 spiro atoms. The number of nitrogens with two attached hydrogens (primary N) is 1. The third kappa shape index (κ3) is 2.34. The van der Waals surface area contributed by atoms with Crippen molar-refractivity contribution in [2.45, 2.75) is 19.5 Å². The van der Waals surface area contributed by atoms with Crippen LogP contribution in [0.5, 0.6) is 0 Å². The minimum absolute atomic E-state index is 0.169. The predicted octanol–water partition coefficient (Wildman–Crippen LogP) is 2.85. The lowest BCUT2D eigenvalue weighted by atomic mass is 10.1. The monoisotopic (exact) mass is 256 g/mol. The number of benzene rings is 2. The molecular formula is C16H17FN2. The molecule has 98 valence electrons. The normalized spacial score (nSPS) is 13.7. The summed E-state index contributed by atoms with van der Waals surface area (Å²) in [4.78, 5) is 2.23. The molecule has 2 aromatic rings. The Bertz CT molecular complexity index is 595. The third-order valence-electron chi connectivity index (χ3n) is 3.74. The molecular weight excluding hydrogens is 239 g/mol. The summed E-state index contributed by atoms with van der Waals surface area (Å²) in [5, 5.41) is 0. The van der Waals surface area contributed by atoms with Gasteiger partial charge < -0.3 is 10.6 Å². The smallest absolute Gasteiger partial charge is 0.125 e. The first-order valence-electron chi connectivity index (χ1n) is 6.58. The van der Waals surface area contributed by atoms with Gasteiger partial charge in [-0.3, -0.25) is 0 Å². The molecule has 0 atom stereocenters. The van der Waals surface area contributed by atoms with E-state index in [9.17, 15) is 4.39 Å². The second-order valence-electron chi connectivity index (χ2n) is 4.92. The van der Waals surface area contributed by atoms with Crippen LogP contribution in [0.1, 0.15) is 16.7 Å². The molecule has 2 N–H and O–H groups in total. The van der Waals surface area contributed by atoms with Gasteiger partial charge in [0.05, 0.1) is 0 Å². The maximum absolute atomic E-state index is 13.4. The summed E-state index contributed by atoms with van der Waals surface area (Å²) in [5.74, 6) is -0.169. The topological polar surface area (TPSA) is 29.3 Å². The lowest BCUT2D eigenvalue weighted by Crippen LogP contribution is -2.21. The number of halogens is 1. The van der Waals surface area contributed by atoms with E-state index in [2.05, 4.69) is 17.0 Å². The number of nitrogens with zero attached hydrogens (tertiary/aromatic N) is 1. The largest absolute Gasteiger partial charge is 0.367 e. The summed E-state index contributed by atoms with van der Waals surface area (Å²) in [7, 11) is 0. The van der Waals surface area contributed by atoms with E-state index in [1.54, 1.807) is 6.07 Å². The zero-order chi connectivity index (χ0) is 13.2. The van der Waals surface area contributed by atoms with Crippen LogP contribution in [0.15, 0.2) is 42.5 Å². The van der Waals surface area contributed by atoms with E-state index in [0.29, 0.717) is 6.54 Å². The van der Waals surface area contributed by atoms with Crippen LogP contribution >= 0.6 is 0 Å². The number of rotatable bonds is 3. The van der Waals surface area contributed by atoms with E-state index in [4.69, 9.17) is 5.73 Å². The number of anilines is 1. The molecule has 0 radical (unpaired) electrons. The molecule has 0 fully saturated rings. The molecule has 0 amide bonds. The Kier molecular flexibility index (Phi) is 3.22. The molecule has 0 unspecified atom stereocenters. The molecule has 0 aromatic heterocycles.